The highest BCUT2D eigenvalue weighted by atomic mass is 16.7. The van der Waals surface area contributed by atoms with E-state index in [0.29, 0.717) is 13.0 Å². The van der Waals surface area contributed by atoms with E-state index in [1.165, 1.54) is 0 Å². The summed E-state index contributed by atoms with van der Waals surface area (Å²) in [6, 6.07) is -0.667. The minimum Gasteiger partial charge on any atom is -0.385 e. The second kappa shape index (κ2) is 3.81. The van der Waals surface area contributed by atoms with Gasteiger partial charge in [0, 0.05) is 6.00 Å². The molecule has 0 amide bonds. The summed E-state index contributed by atoms with van der Waals surface area (Å²) in [6.45, 7) is 2.66. The van der Waals surface area contributed by atoms with Gasteiger partial charge >= 0.3 is 0 Å². The van der Waals surface area contributed by atoms with Gasteiger partial charge in [-0.3, -0.25) is 0 Å². The zero-order valence-corrected chi connectivity index (χ0v) is 8.31. The minimum atomic E-state index is -1.05. The second-order valence-corrected chi connectivity index (χ2v) is 3.91. The topological polar surface area (TPSA) is 47.9 Å². The van der Waals surface area contributed by atoms with Crippen molar-refractivity contribution < 1.29 is 19.3 Å². The summed E-state index contributed by atoms with van der Waals surface area (Å²) in [6.07, 6.45) is 0.873. The first-order valence-corrected chi connectivity index (χ1v) is 5.01. The van der Waals surface area contributed by atoms with Gasteiger partial charge in [0.1, 0.15) is 32.4 Å². The molecule has 4 atom stereocenters. The van der Waals surface area contributed by atoms with Crippen LogP contribution in [0.3, 0.4) is 0 Å². The first kappa shape index (κ1) is 10.4. The molecule has 0 aromatic carbocycles. The van der Waals surface area contributed by atoms with Crippen LogP contribution >= 0.6 is 0 Å². The lowest BCUT2D eigenvalue weighted by Crippen LogP contribution is -2.52. The lowest BCUT2D eigenvalue weighted by Gasteiger charge is -2.34. The van der Waals surface area contributed by atoms with Gasteiger partial charge in [-0.15, -0.1) is 0 Å². The molecule has 2 aliphatic rings. The quantitative estimate of drug-likeness (QED) is 0.623. The second-order valence-electron chi connectivity index (χ2n) is 3.91. The molecule has 2 aliphatic heterocycles. The van der Waals surface area contributed by atoms with Crippen LogP contribution in [0.2, 0.25) is 0 Å². The van der Waals surface area contributed by atoms with Crippen LogP contribution in [0.25, 0.3) is 0 Å². The van der Waals surface area contributed by atoms with Crippen molar-refractivity contribution in [1.29, 1.82) is 0 Å². The summed E-state index contributed by atoms with van der Waals surface area (Å²) < 4.78 is 15.9. The number of fused-ring (bicyclic) bond motifs is 1. The van der Waals surface area contributed by atoms with Crippen LogP contribution in [0.15, 0.2) is 0 Å². The Balaban J connectivity index is 2.14. The molecule has 14 heavy (non-hydrogen) atoms. The molecule has 0 aliphatic carbocycles. The average molecular weight is 198 g/mol. The minimum absolute atomic E-state index is 0.212. The lowest BCUT2D eigenvalue weighted by molar-refractivity contribution is -0.204. The first-order chi connectivity index (χ1) is 6.68. The van der Waals surface area contributed by atoms with Crippen LogP contribution in [0.1, 0.15) is 19.8 Å². The van der Waals surface area contributed by atoms with Gasteiger partial charge < -0.3 is 19.3 Å². The Morgan fingerprint density at radius 1 is 1.57 bits per heavy atom. The number of ether oxygens (including phenoxy) is 3. The number of aliphatic hydroxyl groups is 1. The van der Waals surface area contributed by atoms with Crippen molar-refractivity contribution in [3.05, 3.63) is 0 Å². The molecule has 2 fully saturated rings. The van der Waals surface area contributed by atoms with Gasteiger partial charge in [0.2, 0.25) is 0 Å². The Hall–Kier alpha value is -0.0951. The summed E-state index contributed by atoms with van der Waals surface area (Å²) in [5.41, 5.74) is -1.05. The highest BCUT2D eigenvalue weighted by molar-refractivity contribution is 6.12. The smallest absolute Gasteiger partial charge is 0.147 e. The van der Waals surface area contributed by atoms with Crippen LogP contribution in [0.5, 0.6) is 0 Å². The zero-order valence-electron chi connectivity index (χ0n) is 8.31. The summed E-state index contributed by atoms with van der Waals surface area (Å²) in [4.78, 5) is 0. The fraction of sp³-hybridized carbons (Fsp3) is 1.00. The highest BCUT2D eigenvalue weighted by Crippen LogP contribution is 2.37. The summed E-state index contributed by atoms with van der Waals surface area (Å²) in [5.74, 6) is 0. The van der Waals surface area contributed by atoms with Gasteiger partial charge in [0.25, 0.3) is 0 Å². The van der Waals surface area contributed by atoms with E-state index in [4.69, 9.17) is 22.1 Å². The van der Waals surface area contributed by atoms with Crippen LogP contribution in [-0.4, -0.2) is 50.2 Å². The predicted molar refractivity (Wildman–Crippen MR) is 50.0 cm³/mol. The van der Waals surface area contributed by atoms with E-state index in [9.17, 15) is 5.11 Å². The van der Waals surface area contributed by atoms with Gasteiger partial charge in [0.05, 0.1) is 6.61 Å². The van der Waals surface area contributed by atoms with E-state index in [1.54, 1.807) is 0 Å². The van der Waals surface area contributed by atoms with Gasteiger partial charge in [-0.25, -0.2) is 0 Å². The Morgan fingerprint density at radius 2 is 2.36 bits per heavy atom. The maximum Gasteiger partial charge on any atom is 0.147 e. The molecule has 0 aromatic heterocycles. The molecule has 78 valence electrons. The molecular formula is C9H15BO4. The van der Waals surface area contributed by atoms with Gasteiger partial charge in [-0.05, 0) is 6.42 Å². The SMILES string of the molecule is [B]C1OC2COCO[C@H]2[C@@]1(O)CCC. The van der Waals surface area contributed by atoms with Gasteiger partial charge in [-0.2, -0.15) is 0 Å². The molecule has 0 saturated carbocycles. The maximum absolute atomic E-state index is 10.3. The monoisotopic (exact) mass is 198 g/mol. The van der Waals surface area contributed by atoms with Crippen molar-refractivity contribution >= 4 is 7.85 Å². The molecular weight excluding hydrogens is 183 g/mol. The number of hydrogen-bond donors (Lipinski definition) is 1. The Labute approximate surface area is 84.9 Å². The summed E-state index contributed by atoms with van der Waals surface area (Å²) >= 11 is 0. The van der Waals surface area contributed by atoms with Gasteiger partial charge in [-0.1, -0.05) is 13.3 Å². The van der Waals surface area contributed by atoms with Gasteiger partial charge in [0.15, 0.2) is 0 Å². The largest absolute Gasteiger partial charge is 0.385 e. The molecule has 0 spiro atoms. The van der Waals surface area contributed by atoms with E-state index in [-0.39, 0.29) is 19.0 Å². The number of hydrogen-bond acceptors (Lipinski definition) is 4. The third kappa shape index (κ3) is 1.48. The van der Waals surface area contributed by atoms with Crippen molar-refractivity contribution in [2.75, 3.05) is 13.4 Å². The lowest BCUT2D eigenvalue weighted by atomic mass is 9.77. The van der Waals surface area contributed by atoms with E-state index in [2.05, 4.69) is 0 Å². The molecule has 4 nitrogen and oxygen atoms in total. The molecule has 2 heterocycles. The van der Waals surface area contributed by atoms with Crippen molar-refractivity contribution in [1.82, 2.24) is 0 Å². The van der Waals surface area contributed by atoms with E-state index in [1.807, 2.05) is 6.92 Å². The predicted octanol–water partition coefficient (Wildman–Crippen LogP) is -0.216. The van der Waals surface area contributed by atoms with Crippen LogP contribution in [-0.2, 0) is 14.2 Å². The molecule has 2 radical (unpaired) electrons. The fourth-order valence-corrected chi connectivity index (χ4v) is 2.21. The zero-order chi connectivity index (χ0) is 10.2. The maximum atomic E-state index is 10.3. The third-order valence-electron chi connectivity index (χ3n) is 2.91. The van der Waals surface area contributed by atoms with Crippen molar-refractivity contribution in [3.8, 4) is 0 Å². The first-order valence-electron chi connectivity index (χ1n) is 5.01. The third-order valence-corrected chi connectivity index (χ3v) is 2.91. The molecule has 0 aromatic rings. The Bertz CT molecular complexity index is 213. The van der Waals surface area contributed by atoms with Crippen molar-refractivity contribution in [2.24, 2.45) is 0 Å². The normalized spacial score (nSPS) is 47.7. The fourth-order valence-electron chi connectivity index (χ4n) is 2.21. The van der Waals surface area contributed by atoms with E-state index in [0.717, 1.165) is 6.42 Å². The van der Waals surface area contributed by atoms with Crippen molar-refractivity contribution in [2.45, 2.75) is 43.6 Å². The van der Waals surface area contributed by atoms with E-state index < -0.39 is 11.6 Å². The van der Waals surface area contributed by atoms with Crippen LogP contribution in [0.4, 0.5) is 0 Å². The molecule has 1 N–H and O–H groups in total. The molecule has 2 rings (SSSR count). The van der Waals surface area contributed by atoms with Crippen LogP contribution in [0, 0.1) is 0 Å². The Morgan fingerprint density at radius 3 is 3.07 bits per heavy atom. The standard InChI is InChI=1S/C9H15BO4/c1-2-3-9(11)7-6(14-8(9)10)4-12-5-13-7/h6-8,11H,2-5H2,1H3/t6?,7-,8?,9+/m1/s1. The molecule has 2 saturated heterocycles. The van der Waals surface area contributed by atoms with E-state index >= 15 is 0 Å². The number of rotatable bonds is 2. The Kier molecular flexibility index (Phi) is 2.84. The average Bonchev–Trinajstić information content (AvgIpc) is 2.41. The van der Waals surface area contributed by atoms with Crippen molar-refractivity contribution in [3.63, 3.8) is 0 Å². The summed E-state index contributed by atoms with van der Waals surface area (Å²) in [5, 5.41) is 10.3. The summed E-state index contributed by atoms with van der Waals surface area (Å²) in [7, 11) is 5.75. The molecule has 5 heteroatoms. The van der Waals surface area contributed by atoms with Crippen LogP contribution < -0.4 is 0 Å². The highest BCUT2D eigenvalue weighted by Gasteiger charge is 2.54. The molecule has 0 bridgehead atoms. The molecule has 2 unspecified atom stereocenters.